The number of nitro benzene ring substituents is 1. The fourth-order valence-electron chi connectivity index (χ4n) is 2.49. The second-order valence-corrected chi connectivity index (χ2v) is 9.19. The van der Waals surface area contributed by atoms with Gasteiger partial charge in [-0.15, -0.1) is 0 Å². The van der Waals surface area contributed by atoms with Gasteiger partial charge in [-0.05, 0) is 23.6 Å². The van der Waals surface area contributed by atoms with Crippen LogP contribution in [0.4, 0.5) is 5.69 Å². The Bertz CT molecular complexity index is 1180. The molecule has 1 atom stereocenters. The molecule has 0 saturated heterocycles. The first-order valence-electron chi connectivity index (χ1n) is 7.89. The fourth-order valence-corrected chi connectivity index (χ4v) is 5.20. The summed E-state index contributed by atoms with van der Waals surface area (Å²) in [5.74, 6) is -0.159. The molecule has 29 heavy (non-hydrogen) atoms. The van der Waals surface area contributed by atoms with Gasteiger partial charge in [0.2, 0.25) is 10.0 Å². The number of rotatable bonds is 7. The zero-order valence-electron chi connectivity index (χ0n) is 15.2. The number of benzene rings is 3. The third-order valence-corrected chi connectivity index (χ3v) is 6.49. The zero-order valence-corrected chi connectivity index (χ0v) is 18.9. The maximum atomic E-state index is 12.6. The normalized spacial score (nSPS) is 13.3. The molecule has 1 N–H and O–H groups in total. The van der Waals surface area contributed by atoms with Crippen molar-refractivity contribution < 1.29 is 56.9 Å². The molecule has 3 aromatic rings. The molecule has 0 heterocycles. The Hall–Kier alpha value is -1.78. The van der Waals surface area contributed by atoms with Gasteiger partial charge < -0.3 is 9.42 Å². The van der Waals surface area contributed by atoms with Crippen molar-refractivity contribution in [1.29, 1.82) is 0 Å². The van der Waals surface area contributed by atoms with E-state index in [0.717, 1.165) is 24.3 Å². The maximum Gasteiger partial charge on any atom is 1.00 e. The van der Waals surface area contributed by atoms with Crippen LogP contribution in [0.25, 0.3) is 10.8 Å². The predicted octanol–water partition coefficient (Wildman–Crippen LogP) is -0.380. The summed E-state index contributed by atoms with van der Waals surface area (Å²) in [6, 6.07) is 15.9. The van der Waals surface area contributed by atoms with Crippen LogP contribution in [0.15, 0.2) is 71.6 Å². The van der Waals surface area contributed by atoms with Crippen molar-refractivity contribution >= 4 is 34.1 Å². The SMILES string of the molecule is O=[N+]([O-])c1ccc(OP(=O)([O-])CNS(=O)(=O)c2cccc3ccccc23)cc1.[Na+]. The van der Waals surface area contributed by atoms with Crippen LogP contribution < -0.4 is 43.7 Å². The molecule has 1 unspecified atom stereocenters. The molecule has 3 rings (SSSR count). The van der Waals surface area contributed by atoms with Crippen LogP contribution in [0.1, 0.15) is 0 Å². The van der Waals surface area contributed by atoms with E-state index in [9.17, 15) is 28.0 Å². The number of nitrogens with zero attached hydrogens (tertiary/aromatic N) is 1. The van der Waals surface area contributed by atoms with Crippen molar-refractivity contribution in [3.05, 3.63) is 76.8 Å². The van der Waals surface area contributed by atoms with Crippen molar-refractivity contribution in [2.24, 2.45) is 0 Å². The average molecular weight is 444 g/mol. The number of fused-ring (bicyclic) bond motifs is 1. The minimum absolute atomic E-state index is 0. The summed E-state index contributed by atoms with van der Waals surface area (Å²) in [5.41, 5.74) is -0.232. The molecule has 12 heteroatoms. The van der Waals surface area contributed by atoms with Gasteiger partial charge >= 0.3 is 29.6 Å². The average Bonchev–Trinajstić information content (AvgIpc) is 2.66. The van der Waals surface area contributed by atoms with Crippen LogP contribution in [-0.2, 0) is 14.6 Å². The molecule has 0 fully saturated rings. The summed E-state index contributed by atoms with van der Waals surface area (Å²) in [4.78, 5) is 22.0. The third kappa shape index (κ3) is 5.86. The van der Waals surface area contributed by atoms with E-state index in [-0.39, 0.29) is 45.9 Å². The van der Waals surface area contributed by atoms with E-state index < -0.39 is 28.8 Å². The summed E-state index contributed by atoms with van der Waals surface area (Å²) in [6.07, 6.45) is -0.977. The van der Waals surface area contributed by atoms with Crippen LogP contribution in [0.5, 0.6) is 5.75 Å². The molecule has 0 spiro atoms. The first-order chi connectivity index (χ1) is 13.2. The van der Waals surface area contributed by atoms with Gasteiger partial charge in [-0.2, -0.15) is 0 Å². The van der Waals surface area contributed by atoms with Crippen molar-refractivity contribution in [3.63, 3.8) is 0 Å². The molecule has 0 aliphatic rings. The second kappa shape index (κ2) is 9.36. The number of nitrogens with one attached hydrogen (secondary N) is 1. The van der Waals surface area contributed by atoms with Crippen LogP contribution >= 0.6 is 7.60 Å². The Kier molecular flexibility index (Phi) is 7.58. The second-order valence-electron chi connectivity index (χ2n) is 5.74. The molecular formula is C17H14N2NaO7PS. The minimum atomic E-state index is -4.64. The molecule has 0 saturated carbocycles. The zero-order chi connectivity index (χ0) is 20.4. The number of nitro groups is 1. The van der Waals surface area contributed by atoms with E-state index in [1.807, 2.05) is 4.72 Å². The molecule has 0 aromatic heterocycles. The van der Waals surface area contributed by atoms with E-state index in [1.165, 1.54) is 6.07 Å². The van der Waals surface area contributed by atoms with Crippen LogP contribution in [0.3, 0.4) is 0 Å². The van der Waals surface area contributed by atoms with Gasteiger partial charge in [0.15, 0.2) is 7.60 Å². The quantitative estimate of drug-likeness (QED) is 0.227. The first-order valence-corrected chi connectivity index (χ1v) is 11.1. The fraction of sp³-hybridized carbons (Fsp3) is 0.0588. The number of hydrogen-bond donors (Lipinski definition) is 1. The largest absolute Gasteiger partial charge is 1.00 e. The van der Waals surface area contributed by atoms with Crippen LogP contribution in [0.2, 0.25) is 0 Å². The van der Waals surface area contributed by atoms with E-state index >= 15 is 0 Å². The van der Waals surface area contributed by atoms with Gasteiger partial charge in [-0.3, -0.25) is 14.7 Å². The predicted molar refractivity (Wildman–Crippen MR) is 100 cm³/mol. The van der Waals surface area contributed by atoms with Crippen molar-refractivity contribution in [2.75, 3.05) is 6.29 Å². The van der Waals surface area contributed by atoms with Gasteiger partial charge in [0, 0.05) is 17.5 Å². The Balaban J connectivity index is 0.00000300. The van der Waals surface area contributed by atoms with E-state index in [2.05, 4.69) is 0 Å². The van der Waals surface area contributed by atoms with Gasteiger partial charge in [-0.25, -0.2) is 13.1 Å². The maximum absolute atomic E-state index is 12.6. The van der Waals surface area contributed by atoms with Crippen LogP contribution in [-0.4, -0.2) is 19.6 Å². The summed E-state index contributed by atoms with van der Waals surface area (Å²) < 4.78 is 44.1. The monoisotopic (exact) mass is 444 g/mol. The minimum Gasteiger partial charge on any atom is -0.768 e. The number of non-ortho nitro benzene ring substituents is 1. The molecular weight excluding hydrogens is 430 g/mol. The third-order valence-electron chi connectivity index (χ3n) is 3.78. The summed E-state index contributed by atoms with van der Waals surface area (Å²) >= 11 is 0. The van der Waals surface area contributed by atoms with Gasteiger partial charge in [0.1, 0.15) is 5.75 Å². The molecule has 0 radical (unpaired) electrons. The summed E-state index contributed by atoms with van der Waals surface area (Å²) in [5, 5.41) is 11.8. The topological polar surface area (TPSA) is 139 Å². The standard InChI is InChI=1S/C17H15N2O7PS.Na/c20-19(21)14-8-10-15(11-9-14)26-27(22,23)12-18-28(24,25)17-7-3-5-13-4-1-2-6-16(13)17;/h1-11,18H,12H2,(H,22,23);/q;+1/p-1. The van der Waals surface area contributed by atoms with Gasteiger partial charge in [0.25, 0.3) is 5.69 Å². The molecule has 0 aliphatic carbocycles. The van der Waals surface area contributed by atoms with E-state index in [1.54, 1.807) is 36.4 Å². The molecule has 0 amide bonds. The van der Waals surface area contributed by atoms with Crippen LogP contribution in [0, 0.1) is 10.1 Å². The molecule has 3 aromatic carbocycles. The van der Waals surface area contributed by atoms with Crippen molar-refractivity contribution in [1.82, 2.24) is 4.72 Å². The Morgan fingerprint density at radius 3 is 2.28 bits per heavy atom. The number of sulfonamides is 1. The molecule has 146 valence electrons. The van der Waals surface area contributed by atoms with E-state index in [0.29, 0.717) is 10.8 Å². The summed E-state index contributed by atoms with van der Waals surface area (Å²) in [6.45, 7) is 0. The summed E-state index contributed by atoms with van der Waals surface area (Å²) in [7, 11) is -8.76. The first kappa shape index (κ1) is 23.5. The van der Waals surface area contributed by atoms with Gasteiger partial charge in [0.05, 0.1) is 16.1 Å². The van der Waals surface area contributed by atoms with Crippen molar-refractivity contribution in [2.45, 2.75) is 4.90 Å². The Labute approximate surface area is 188 Å². The molecule has 9 nitrogen and oxygen atoms in total. The Morgan fingerprint density at radius 1 is 1.00 bits per heavy atom. The molecule has 0 bridgehead atoms. The molecule has 0 aliphatic heterocycles. The van der Waals surface area contributed by atoms with E-state index in [4.69, 9.17) is 4.52 Å². The van der Waals surface area contributed by atoms with Gasteiger partial charge in [-0.1, -0.05) is 36.4 Å². The Morgan fingerprint density at radius 2 is 1.62 bits per heavy atom. The number of hydrogen-bond acceptors (Lipinski definition) is 7. The van der Waals surface area contributed by atoms with Crippen molar-refractivity contribution in [3.8, 4) is 5.75 Å². The smallest absolute Gasteiger partial charge is 0.768 e.